The molecule has 5 aromatic rings. The lowest BCUT2D eigenvalue weighted by Crippen LogP contribution is -2.30. The number of carbonyl (C=O) groups excluding carboxylic acids is 1. The average Bonchev–Trinajstić information content (AvgIpc) is 3.59. The molecule has 6 rings (SSSR count). The van der Waals surface area contributed by atoms with E-state index < -0.39 is 0 Å². The van der Waals surface area contributed by atoms with Crippen LogP contribution in [0.5, 0.6) is 5.75 Å². The van der Waals surface area contributed by atoms with Gasteiger partial charge in [0.1, 0.15) is 23.0 Å². The smallest absolute Gasteiger partial charge is 0.254 e. The SMILES string of the molecule is Cc1ccc2nc(COc3cccc(C(=O)N4CCCC4c4nc5ccccc5s4)c3)cn2c1. The summed E-state index contributed by atoms with van der Waals surface area (Å²) in [7, 11) is 0. The minimum atomic E-state index is 0.0235. The molecule has 3 aromatic heterocycles. The zero-order valence-electron chi connectivity index (χ0n) is 18.8. The number of likely N-dealkylation sites (tertiary alicyclic amines) is 1. The Labute approximate surface area is 201 Å². The van der Waals surface area contributed by atoms with Crippen LogP contribution < -0.4 is 4.74 Å². The molecule has 1 unspecified atom stereocenters. The Morgan fingerprint density at radius 1 is 1.09 bits per heavy atom. The standard InChI is InChI=1S/C27H24N4O2S/c1-18-11-12-25-28-20(16-30(25)15-18)17-33-21-7-4-6-19(14-21)27(32)31-13-5-9-23(31)26-29-22-8-2-3-10-24(22)34-26/h2-4,6-8,10-12,14-16,23H,5,9,13,17H2,1H3. The van der Waals surface area contributed by atoms with Crippen molar-refractivity contribution in [1.29, 1.82) is 0 Å². The third-order valence-electron chi connectivity index (χ3n) is 6.23. The second-order valence-electron chi connectivity index (χ2n) is 8.70. The average molecular weight is 469 g/mol. The highest BCUT2D eigenvalue weighted by atomic mass is 32.1. The van der Waals surface area contributed by atoms with E-state index in [-0.39, 0.29) is 11.9 Å². The molecular weight excluding hydrogens is 444 g/mol. The maximum atomic E-state index is 13.5. The molecule has 1 aliphatic heterocycles. The number of hydrogen-bond acceptors (Lipinski definition) is 5. The van der Waals surface area contributed by atoms with Crippen molar-refractivity contribution in [2.75, 3.05) is 6.54 Å². The molecule has 0 N–H and O–H groups in total. The van der Waals surface area contributed by atoms with Crippen LogP contribution in [-0.2, 0) is 6.61 Å². The van der Waals surface area contributed by atoms with E-state index in [1.165, 1.54) is 5.56 Å². The highest BCUT2D eigenvalue weighted by Gasteiger charge is 2.32. The van der Waals surface area contributed by atoms with E-state index in [1.54, 1.807) is 11.3 Å². The largest absolute Gasteiger partial charge is 0.487 e. The van der Waals surface area contributed by atoms with Crippen LogP contribution in [0.15, 0.2) is 73.1 Å². The van der Waals surface area contributed by atoms with Crippen LogP contribution in [-0.4, -0.2) is 31.7 Å². The topological polar surface area (TPSA) is 59.7 Å². The van der Waals surface area contributed by atoms with E-state index in [9.17, 15) is 4.79 Å². The molecule has 0 saturated carbocycles. The molecule has 2 aromatic carbocycles. The Bertz CT molecular complexity index is 1470. The van der Waals surface area contributed by atoms with Crippen LogP contribution >= 0.6 is 11.3 Å². The predicted molar refractivity (Wildman–Crippen MR) is 133 cm³/mol. The number of carbonyl (C=O) groups is 1. The number of nitrogens with zero attached hydrogens (tertiary/aromatic N) is 4. The van der Waals surface area contributed by atoms with Crippen LogP contribution in [0.1, 0.15) is 45.5 Å². The van der Waals surface area contributed by atoms with Gasteiger partial charge in [0.2, 0.25) is 0 Å². The Kier molecular flexibility index (Phi) is 5.26. The highest BCUT2D eigenvalue weighted by Crippen LogP contribution is 2.37. The maximum Gasteiger partial charge on any atom is 0.254 e. The number of fused-ring (bicyclic) bond motifs is 2. The molecule has 6 nitrogen and oxygen atoms in total. The molecule has 7 heteroatoms. The molecule has 1 atom stereocenters. The van der Waals surface area contributed by atoms with Crippen molar-refractivity contribution in [1.82, 2.24) is 19.3 Å². The summed E-state index contributed by atoms with van der Waals surface area (Å²) < 4.78 is 9.16. The third-order valence-corrected chi connectivity index (χ3v) is 7.36. The third kappa shape index (κ3) is 3.92. The van der Waals surface area contributed by atoms with Crippen molar-refractivity contribution in [2.24, 2.45) is 0 Å². The zero-order chi connectivity index (χ0) is 23.1. The number of rotatable bonds is 5. The van der Waals surface area contributed by atoms with Crippen LogP contribution in [0.25, 0.3) is 15.9 Å². The van der Waals surface area contributed by atoms with Crippen molar-refractivity contribution in [2.45, 2.75) is 32.4 Å². The summed E-state index contributed by atoms with van der Waals surface area (Å²) in [5, 5.41) is 1.02. The molecule has 0 radical (unpaired) electrons. The first-order valence-electron chi connectivity index (χ1n) is 11.5. The van der Waals surface area contributed by atoms with E-state index in [0.29, 0.717) is 17.9 Å². The predicted octanol–water partition coefficient (Wildman–Crippen LogP) is 5.81. The summed E-state index contributed by atoms with van der Waals surface area (Å²) in [6.45, 7) is 3.14. The first-order valence-corrected chi connectivity index (χ1v) is 12.3. The van der Waals surface area contributed by atoms with Gasteiger partial charge < -0.3 is 14.0 Å². The van der Waals surface area contributed by atoms with Crippen molar-refractivity contribution in [3.63, 3.8) is 0 Å². The Morgan fingerprint density at radius 2 is 2.00 bits per heavy atom. The summed E-state index contributed by atoms with van der Waals surface area (Å²) in [6.07, 6.45) is 5.94. The second-order valence-corrected chi connectivity index (χ2v) is 9.76. The molecule has 1 saturated heterocycles. The van der Waals surface area contributed by atoms with Crippen molar-refractivity contribution in [3.05, 3.63) is 94.9 Å². The first kappa shape index (κ1) is 20.9. The number of pyridine rings is 1. The van der Waals surface area contributed by atoms with Gasteiger partial charge >= 0.3 is 0 Å². The molecule has 34 heavy (non-hydrogen) atoms. The molecule has 0 aliphatic carbocycles. The van der Waals surface area contributed by atoms with Gasteiger partial charge in [0, 0.05) is 24.5 Å². The van der Waals surface area contributed by atoms with Gasteiger partial charge in [-0.25, -0.2) is 9.97 Å². The molecule has 0 bridgehead atoms. The van der Waals surface area contributed by atoms with E-state index in [4.69, 9.17) is 9.72 Å². The van der Waals surface area contributed by atoms with Crippen molar-refractivity contribution in [3.8, 4) is 5.75 Å². The number of aromatic nitrogens is 3. The normalized spacial score (nSPS) is 15.9. The van der Waals surface area contributed by atoms with Gasteiger partial charge in [-0.3, -0.25) is 4.79 Å². The number of para-hydroxylation sites is 1. The summed E-state index contributed by atoms with van der Waals surface area (Å²) in [6, 6.07) is 19.7. The fraction of sp³-hybridized carbons (Fsp3) is 0.222. The number of amides is 1. The van der Waals surface area contributed by atoms with Crippen LogP contribution in [0.3, 0.4) is 0 Å². The maximum absolute atomic E-state index is 13.5. The van der Waals surface area contributed by atoms with Gasteiger partial charge in [-0.2, -0.15) is 0 Å². The van der Waals surface area contributed by atoms with Gasteiger partial charge in [-0.15, -0.1) is 11.3 Å². The molecule has 4 heterocycles. The number of benzene rings is 2. The molecule has 1 fully saturated rings. The lowest BCUT2D eigenvalue weighted by Gasteiger charge is -2.23. The van der Waals surface area contributed by atoms with Crippen LogP contribution in [0.2, 0.25) is 0 Å². The number of aryl methyl sites for hydroxylation is 1. The minimum absolute atomic E-state index is 0.0235. The molecular formula is C27H24N4O2S. The quantitative estimate of drug-likeness (QED) is 0.327. The Morgan fingerprint density at radius 3 is 2.91 bits per heavy atom. The van der Waals surface area contributed by atoms with E-state index in [1.807, 2.05) is 76.3 Å². The van der Waals surface area contributed by atoms with E-state index in [0.717, 1.165) is 46.0 Å². The highest BCUT2D eigenvalue weighted by molar-refractivity contribution is 7.18. The summed E-state index contributed by atoms with van der Waals surface area (Å²) in [4.78, 5) is 24.8. The molecule has 0 spiro atoms. The van der Waals surface area contributed by atoms with Crippen molar-refractivity contribution >= 4 is 33.1 Å². The van der Waals surface area contributed by atoms with Crippen LogP contribution in [0.4, 0.5) is 0 Å². The van der Waals surface area contributed by atoms with Gasteiger partial charge in [-0.05, 0) is 61.7 Å². The zero-order valence-corrected chi connectivity index (χ0v) is 19.7. The Balaban J connectivity index is 1.19. The van der Waals surface area contributed by atoms with Gasteiger partial charge in [-0.1, -0.05) is 24.3 Å². The number of ether oxygens (including phenoxy) is 1. The fourth-order valence-electron chi connectivity index (χ4n) is 4.57. The first-order chi connectivity index (χ1) is 16.6. The number of imidazole rings is 1. The van der Waals surface area contributed by atoms with Crippen molar-refractivity contribution < 1.29 is 9.53 Å². The lowest BCUT2D eigenvalue weighted by atomic mass is 10.1. The fourth-order valence-corrected chi connectivity index (χ4v) is 5.68. The molecule has 1 amide bonds. The second kappa shape index (κ2) is 8.57. The molecule has 170 valence electrons. The molecule has 1 aliphatic rings. The number of hydrogen-bond donors (Lipinski definition) is 0. The van der Waals surface area contributed by atoms with E-state index in [2.05, 4.69) is 18.0 Å². The van der Waals surface area contributed by atoms with Gasteiger partial charge in [0.05, 0.1) is 22.0 Å². The minimum Gasteiger partial charge on any atom is -0.487 e. The Hall–Kier alpha value is -3.71. The van der Waals surface area contributed by atoms with Crippen LogP contribution in [0, 0.1) is 6.92 Å². The summed E-state index contributed by atoms with van der Waals surface area (Å²) in [5.41, 5.74) is 4.55. The number of thiazole rings is 1. The summed E-state index contributed by atoms with van der Waals surface area (Å²) >= 11 is 1.68. The lowest BCUT2D eigenvalue weighted by molar-refractivity contribution is 0.0735. The van der Waals surface area contributed by atoms with Gasteiger partial charge in [0.25, 0.3) is 5.91 Å². The monoisotopic (exact) mass is 468 g/mol. The van der Waals surface area contributed by atoms with Gasteiger partial charge in [0.15, 0.2) is 0 Å². The summed E-state index contributed by atoms with van der Waals surface area (Å²) in [5.74, 6) is 0.685. The van der Waals surface area contributed by atoms with E-state index >= 15 is 0 Å².